The average Bonchev–Trinajstić information content (AvgIpc) is 2.31. The van der Waals surface area contributed by atoms with Gasteiger partial charge in [0.15, 0.2) is 0 Å². The van der Waals surface area contributed by atoms with Gasteiger partial charge in [-0.15, -0.1) is 0 Å². The van der Waals surface area contributed by atoms with Crippen LogP contribution in [0, 0.1) is 19.3 Å². The molecule has 20 heavy (non-hydrogen) atoms. The lowest BCUT2D eigenvalue weighted by Crippen LogP contribution is -2.41. The number of rotatable bonds is 4. The zero-order valence-electron chi connectivity index (χ0n) is 12.9. The molecule has 0 spiro atoms. The fourth-order valence-corrected chi connectivity index (χ4v) is 1.95. The Labute approximate surface area is 120 Å². The molecule has 1 N–H and O–H groups in total. The number of benzene rings is 1. The van der Waals surface area contributed by atoms with Crippen molar-refractivity contribution in [3.63, 3.8) is 0 Å². The minimum absolute atomic E-state index is 0.0603. The van der Waals surface area contributed by atoms with E-state index >= 15 is 0 Å². The van der Waals surface area contributed by atoms with Crippen molar-refractivity contribution in [1.29, 1.82) is 0 Å². The highest BCUT2D eigenvalue weighted by Crippen LogP contribution is 2.27. The van der Waals surface area contributed by atoms with Crippen LogP contribution in [0.3, 0.4) is 0 Å². The molecule has 0 atom stereocenters. The van der Waals surface area contributed by atoms with Crippen LogP contribution in [-0.4, -0.2) is 23.5 Å². The zero-order valence-corrected chi connectivity index (χ0v) is 12.9. The predicted molar refractivity (Wildman–Crippen MR) is 80.0 cm³/mol. The van der Waals surface area contributed by atoms with Gasteiger partial charge in [0, 0.05) is 17.6 Å². The molecule has 0 radical (unpaired) electrons. The summed E-state index contributed by atoms with van der Waals surface area (Å²) in [6.07, 6.45) is -0.0603. The van der Waals surface area contributed by atoms with Crippen LogP contribution in [0.25, 0.3) is 0 Å². The van der Waals surface area contributed by atoms with Crippen LogP contribution in [0.4, 0.5) is 5.69 Å². The second kappa shape index (κ2) is 6.07. The van der Waals surface area contributed by atoms with Crippen LogP contribution in [-0.2, 0) is 9.59 Å². The molecule has 0 saturated carbocycles. The van der Waals surface area contributed by atoms with Gasteiger partial charge >= 0.3 is 5.97 Å². The highest BCUT2D eigenvalue weighted by molar-refractivity contribution is 5.98. The number of aryl methyl sites for hydroxylation is 2. The number of carboxylic acid groups (broad SMARTS) is 1. The van der Waals surface area contributed by atoms with Gasteiger partial charge in [0.05, 0.1) is 6.42 Å². The molecule has 110 valence electrons. The second-order valence-corrected chi connectivity index (χ2v) is 6.14. The third-order valence-electron chi connectivity index (χ3n) is 3.09. The Morgan fingerprint density at radius 2 is 1.80 bits per heavy atom. The summed E-state index contributed by atoms with van der Waals surface area (Å²) < 4.78 is 0. The molecule has 0 aliphatic heterocycles. The van der Waals surface area contributed by atoms with Gasteiger partial charge in [0.25, 0.3) is 0 Å². The van der Waals surface area contributed by atoms with Gasteiger partial charge in [0.2, 0.25) is 5.91 Å². The molecule has 0 bridgehead atoms. The van der Waals surface area contributed by atoms with Crippen molar-refractivity contribution in [2.75, 3.05) is 11.4 Å². The van der Waals surface area contributed by atoms with E-state index in [4.69, 9.17) is 5.11 Å². The molecule has 1 aromatic carbocycles. The molecule has 0 unspecified atom stereocenters. The summed E-state index contributed by atoms with van der Waals surface area (Å²) in [7, 11) is 0. The molecule has 0 fully saturated rings. The minimum Gasteiger partial charge on any atom is -0.481 e. The smallest absolute Gasteiger partial charge is 0.305 e. The number of hydrogen-bond donors (Lipinski definition) is 1. The zero-order chi connectivity index (χ0) is 15.5. The number of carboxylic acids is 1. The summed E-state index contributed by atoms with van der Waals surface area (Å²) in [4.78, 5) is 25.0. The highest BCUT2D eigenvalue weighted by Gasteiger charge is 2.29. The van der Waals surface area contributed by atoms with Gasteiger partial charge < -0.3 is 10.0 Å². The lowest BCUT2D eigenvalue weighted by molar-refractivity contribution is -0.136. The number of carbonyl (C=O) groups excluding carboxylic acids is 1. The summed E-state index contributed by atoms with van der Waals surface area (Å²) in [6, 6.07) is 5.87. The first-order valence-electron chi connectivity index (χ1n) is 6.74. The first-order valence-corrected chi connectivity index (χ1v) is 6.74. The van der Waals surface area contributed by atoms with E-state index in [1.165, 1.54) is 0 Å². The van der Waals surface area contributed by atoms with Crippen molar-refractivity contribution in [1.82, 2.24) is 0 Å². The molecule has 0 saturated heterocycles. The van der Waals surface area contributed by atoms with Gasteiger partial charge in [-0.1, -0.05) is 32.9 Å². The molecule has 0 aliphatic carbocycles. The largest absolute Gasteiger partial charge is 0.481 e. The Morgan fingerprint density at radius 3 is 2.30 bits per heavy atom. The van der Waals surface area contributed by atoms with Crippen molar-refractivity contribution in [2.24, 2.45) is 5.41 Å². The van der Waals surface area contributed by atoms with E-state index in [9.17, 15) is 9.59 Å². The summed E-state index contributed by atoms with van der Waals surface area (Å²) >= 11 is 0. The first kappa shape index (κ1) is 16.2. The molecule has 0 aliphatic rings. The van der Waals surface area contributed by atoms with Crippen molar-refractivity contribution in [3.8, 4) is 0 Å². The van der Waals surface area contributed by atoms with Crippen molar-refractivity contribution >= 4 is 17.6 Å². The maximum Gasteiger partial charge on any atom is 0.305 e. The summed E-state index contributed by atoms with van der Waals surface area (Å²) in [5.74, 6) is -0.963. The third kappa shape index (κ3) is 4.08. The van der Waals surface area contributed by atoms with Gasteiger partial charge in [-0.2, -0.15) is 0 Å². The van der Waals surface area contributed by atoms with Crippen molar-refractivity contribution < 1.29 is 14.7 Å². The number of hydrogen-bond acceptors (Lipinski definition) is 2. The van der Waals surface area contributed by atoms with E-state index in [0.717, 1.165) is 16.8 Å². The molecular weight excluding hydrogens is 254 g/mol. The summed E-state index contributed by atoms with van der Waals surface area (Å²) in [5, 5.41) is 8.88. The first-order chi connectivity index (χ1) is 9.12. The number of carbonyl (C=O) groups is 2. The maximum absolute atomic E-state index is 12.6. The van der Waals surface area contributed by atoms with Gasteiger partial charge in [-0.3, -0.25) is 9.59 Å². The molecule has 1 rings (SSSR count). The molecule has 4 nitrogen and oxygen atoms in total. The lowest BCUT2D eigenvalue weighted by atomic mass is 9.93. The Bertz CT molecular complexity index is 515. The van der Waals surface area contributed by atoms with Crippen LogP contribution in [0.2, 0.25) is 0 Å². The fourth-order valence-electron chi connectivity index (χ4n) is 1.95. The van der Waals surface area contributed by atoms with Gasteiger partial charge in [-0.05, 0) is 31.0 Å². The molecular formula is C16H23NO3. The van der Waals surface area contributed by atoms with Gasteiger partial charge in [-0.25, -0.2) is 0 Å². The van der Waals surface area contributed by atoms with Gasteiger partial charge in [0.1, 0.15) is 0 Å². The average molecular weight is 277 g/mol. The summed E-state index contributed by atoms with van der Waals surface area (Å²) in [5.41, 5.74) is 2.27. The van der Waals surface area contributed by atoms with E-state index < -0.39 is 11.4 Å². The second-order valence-electron chi connectivity index (χ2n) is 6.14. The maximum atomic E-state index is 12.6. The SMILES string of the molecule is Cc1ccc(C)c(N(CCC(=O)O)C(=O)C(C)(C)C)c1. The molecule has 1 aromatic rings. The molecule has 0 heterocycles. The number of anilines is 1. The minimum atomic E-state index is -0.901. The normalized spacial score (nSPS) is 11.2. The topological polar surface area (TPSA) is 57.6 Å². The standard InChI is InChI=1S/C16H23NO3/c1-11-6-7-12(2)13(10-11)17(9-8-14(18)19)15(20)16(3,4)5/h6-7,10H,8-9H2,1-5H3,(H,18,19). The number of nitrogens with zero attached hydrogens (tertiary/aromatic N) is 1. The van der Waals surface area contributed by atoms with Crippen LogP contribution >= 0.6 is 0 Å². The van der Waals surface area contributed by atoms with E-state index in [-0.39, 0.29) is 18.9 Å². The quantitative estimate of drug-likeness (QED) is 0.919. The fraction of sp³-hybridized carbons (Fsp3) is 0.500. The van der Waals surface area contributed by atoms with Crippen LogP contribution in [0.15, 0.2) is 18.2 Å². The Balaban J connectivity index is 3.19. The van der Waals surface area contributed by atoms with Crippen molar-refractivity contribution in [2.45, 2.75) is 41.0 Å². The van der Waals surface area contributed by atoms with Crippen LogP contribution in [0.1, 0.15) is 38.3 Å². The lowest BCUT2D eigenvalue weighted by Gasteiger charge is -2.30. The molecule has 4 heteroatoms. The van der Waals surface area contributed by atoms with Crippen LogP contribution < -0.4 is 4.90 Å². The van der Waals surface area contributed by atoms with E-state index in [1.807, 2.05) is 52.8 Å². The third-order valence-corrected chi connectivity index (χ3v) is 3.09. The highest BCUT2D eigenvalue weighted by atomic mass is 16.4. The number of aliphatic carboxylic acids is 1. The predicted octanol–water partition coefficient (Wildman–Crippen LogP) is 3.16. The molecule has 1 amide bonds. The summed E-state index contributed by atoms with van der Waals surface area (Å²) in [6.45, 7) is 9.60. The number of amides is 1. The molecule has 0 aromatic heterocycles. The van der Waals surface area contributed by atoms with Crippen molar-refractivity contribution in [3.05, 3.63) is 29.3 Å². The van der Waals surface area contributed by atoms with E-state index in [1.54, 1.807) is 4.90 Å². The van der Waals surface area contributed by atoms with E-state index in [0.29, 0.717) is 0 Å². The Morgan fingerprint density at radius 1 is 1.20 bits per heavy atom. The Kier molecular flexibility index (Phi) is 4.93. The van der Waals surface area contributed by atoms with E-state index in [2.05, 4.69) is 0 Å². The Hall–Kier alpha value is -1.84. The monoisotopic (exact) mass is 277 g/mol. The van der Waals surface area contributed by atoms with Crippen LogP contribution in [0.5, 0.6) is 0 Å².